The Balaban J connectivity index is 1.31. The van der Waals surface area contributed by atoms with Crippen LogP contribution in [0.5, 0.6) is 5.75 Å². The lowest BCUT2D eigenvalue weighted by Gasteiger charge is -2.13. The zero-order valence-electron chi connectivity index (χ0n) is 18.0. The van der Waals surface area contributed by atoms with E-state index in [1.165, 1.54) is 22.4 Å². The first kappa shape index (κ1) is 20.5. The number of ether oxygens (including phenoxy) is 1. The van der Waals surface area contributed by atoms with Crippen molar-refractivity contribution in [2.45, 2.75) is 6.42 Å². The zero-order valence-corrected chi connectivity index (χ0v) is 18.0. The van der Waals surface area contributed by atoms with Gasteiger partial charge in [0.15, 0.2) is 11.6 Å². The quantitative estimate of drug-likeness (QED) is 0.375. The molecule has 2 heterocycles. The standard InChI is InChI=1S/C26H22N4O3/c1-32-22-11-10-17-4-2-3-5-20(17)21(22)12-14-27-24-13-15-28-26(29-24)19-8-6-18(7-9-19)23-16-25(31)30-33-23/h2-11,13,15-16H,12,14H2,1H3,(H,30,31)(H,27,28,29). The lowest BCUT2D eigenvalue weighted by Crippen LogP contribution is -2.08. The van der Waals surface area contributed by atoms with E-state index in [-0.39, 0.29) is 5.56 Å². The summed E-state index contributed by atoms with van der Waals surface area (Å²) in [6, 6.07) is 23.2. The van der Waals surface area contributed by atoms with Gasteiger partial charge in [-0.2, -0.15) is 5.16 Å². The fraction of sp³-hybridized carbons (Fsp3) is 0.115. The van der Waals surface area contributed by atoms with Crippen molar-refractivity contribution < 1.29 is 9.26 Å². The van der Waals surface area contributed by atoms with Crippen LogP contribution in [0.1, 0.15) is 5.56 Å². The second-order valence-corrected chi connectivity index (χ2v) is 7.56. The molecule has 7 heteroatoms. The van der Waals surface area contributed by atoms with Crippen LogP contribution in [-0.2, 0) is 6.42 Å². The molecule has 3 aromatic carbocycles. The van der Waals surface area contributed by atoms with Crippen LogP contribution in [0, 0.1) is 0 Å². The molecular formula is C26H22N4O3. The Labute approximate surface area is 190 Å². The van der Waals surface area contributed by atoms with Crippen LogP contribution >= 0.6 is 0 Å². The predicted molar refractivity (Wildman–Crippen MR) is 128 cm³/mol. The van der Waals surface area contributed by atoms with Crippen LogP contribution in [0.4, 0.5) is 5.82 Å². The van der Waals surface area contributed by atoms with Gasteiger partial charge in [-0.05, 0) is 29.3 Å². The second kappa shape index (κ2) is 9.00. The zero-order chi connectivity index (χ0) is 22.6. The molecule has 0 saturated heterocycles. The van der Waals surface area contributed by atoms with Gasteiger partial charge in [-0.25, -0.2) is 9.97 Å². The van der Waals surface area contributed by atoms with Crippen LogP contribution in [-0.4, -0.2) is 28.8 Å². The molecule has 164 valence electrons. The summed E-state index contributed by atoms with van der Waals surface area (Å²) in [4.78, 5) is 20.3. The van der Waals surface area contributed by atoms with Crippen molar-refractivity contribution >= 4 is 16.6 Å². The maximum atomic E-state index is 11.3. The van der Waals surface area contributed by atoms with Gasteiger partial charge in [-0.15, -0.1) is 0 Å². The Morgan fingerprint density at radius 3 is 2.61 bits per heavy atom. The van der Waals surface area contributed by atoms with Gasteiger partial charge in [0, 0.05) is 29.4 Å². The van der Waals surface area contributed by atoms with Crippen molar-refractivity contribution in [3.05, 3.63) is 94.9 Å². The highest BCUT2D eigenvalue weighted by molar-refractivity contribution is 5.87. The number of hydrogen-bond donors (Lipinski definition) is 2. The van der Waals surface area contributed by atoms with Crippen molar-refractivity contribution in [3.63, 3.8) is 0 Å². The van der Waals surface area contributed by atoms with Crippen LogP contribution < -0.4 is 15.6 Å². The van der Waals surface area contributed by atoms with Gasteiger partial charge in [0.05, 0.1) is 13.2 Å². The van der Waals surface area contributed by atoms with Gasteiger partial charge in [-0.3, -0.25) is 4.79 Å². The number of H-pyrrole nitrogens is 1. The molecule has 5 aromatic rings. The SMILES string of the molecule is COc1ccc2ccccc2c1CCNc1ccnc(-c2ccc(-c3cc(=O)[nH]o3)cc2)n1. The molecule has 0 unspecified atom stereocenters. The fourth-order valence-corrected chi connectivity index (χ4v) is 3.89. The first-order valence-corrected chi connectivity index (χ1v) is 10.6. The van der Waals surface area contributed by atoms with Crippen molar-refractivity contribution in [3.8, 4) is 28.5 Å². The molecule has 33 heavy (non-hydrogen) atoms. The number of rotatable bonds is 7. The number of nitrogens with one attached hydrogen (secondary N) is 2. The maximum absolute atomic E-state index is 11.3. The summed E-state index contributed by atoms with van der Waals surface area (Å²) in [6.07, 6.45) is 2.53. The molecule has 0 saturated carbocycles. The van der Waals surface area contributed by atoms with Gasteiger partial charge >= 0.3 is 0 Å². The van der Waals surface area contributed by atoms with E-state index in [1.54, 1.807) is 13.3 Å². The van der Waals surface area contributed by atoms with Crippen LogP contribution in [0.2, 0.25) is 0 Å². The van der Waals surface area contributed by atoms with E-state index in [9.17, 15) is 4.79 Å². The average molecular weight is 438 g/mol. The topological polar surface area (TPSA) is 93.0 Å². The Hall–Kier alpha value is -4.39. The van der Waals surface area contributed by atoms with Gasteiger partial charge in [-0.1, -0.05) is 54.6 Å². The lowest BCUT2D eigenvalue weighted by atomic mass is 10.0. The predicted octanol–water partition coefficient (Wildman–Crippen LogP) is 4.91. The summed E-state index contributed by atoms with van der Waals surface area (Å²) >= 11 is 0. The molecule has 0 spiro atoms. The molecule has 5 rings (SSSR count). The minimum atomic E-state index is -0.266. The van der Waals surface area contributed by atoms with E-state index in [1.807, 2.05) is 48.5 Å². The fourth-order valence-electron chi connectivity index (χ4n) is 3.89. The molecule has 0 radical (unpaired) electrons. The van der Waals surface area contributed by atoms with E-state index in [2.05, 4.69) is 38.6 Å². The van der Waals surface area contributed by atoms with Crippen molar-refractivity contribution in [1.29, 1.82) is 0 Å². The number of aromatic nitrogens is 3. The number of methoxy groups -OCH3 is 1. The first-order chi connectivity index (χ1) is 16.2. The van der Waals surface area contributed by atoms with Crippen molar-refractivity contribution in [1.82, 2.24) is 15.1 Å². The molecule has 2 N–H and O–H groups in total. The molecule has 0 bridgehead atoms. The highest BCUT2D eigenvalue weighted by atomic mass is 16.5. The summed E-state index contributed by atoms with van der Waals surface area (Å²) in [5.74, 6) is 2.74. The second-order valence-electron chi connectivity index (χ2n) is 7.56. The molecular weight excluding hydrogens is 416 g/mol. The Bertz CT molecular complexity index is 1450. The number of nitrogens with zero attached hydrogens (tertiary/aromatic N) is 2. The summed E-state index contributed by atoms with van der Waals surface area (Å²) in [6.45, 7) is 0.701. The highest BCUT2D eigenvalue weighted by Gasteiger charge is 2.09. The van der Waals surface area contributed by atoms with E-state index in [4.69, 9.17) is 9.26 Å². The smallest absolute Gasteiger partial charge is 0.280 e. The number of anilines is 1. The Morgan fingerprint density at radius 2 is 1.82 bits per heavy atom. The monoisotopic (exact) mass is 438 g/mol. The number of hydrogen-bond acceptors (Lipinski definition) is 6. The number of aromatic amines is 1. The summed E-state index contributed by atoms with van der Waals surface area (Å²) in [7, 11) is 1.70. The summed E-state index contributed by atoms with van der Waals surface area (Å²) in [5.41, 5.74) is 2.58. The third kappa shape index (κ3) is 4.34. The maximum Gasteiger partial charge on any atom is 0.280 e. The largest absolute Gasteiger partial charge is 0.496 e. The van der Waals surface area contributed by atoms with E-state index >= 15 is 0 Å². The van der Waals surface area contributed by atoms with Gasteiger partial charge in [0.25, 0.3) is 5.56 Å². The third-order valence-electron chi connectivity index (χ3n) is 5.51. The average Bonchev–Trinajstić information content (AvgIpc) is 3.30. The van der Waals surface area contributed by atoms with E-state index in [0.717, 1.165) is 29.1 Å². The van der Waals surface area contributed by atoms with Crippen LogP contribution in [0.25, 0.3) is 33.5 Å². The normalized spacial score (nSPS) is 10.9. The molecule has 0 amide bonds. The van der Waals surface area contributed by atoms with E-state index < -0.39 is 0 Å². The molecule has 0 aliphatic heterocycles. The van der Waals surface area contributed by atoms with Crippen molar-refractivity contribution in [2.75, 3.05) is 19.0 Å². The molecule has 0 aliphatic rings. The molecule has 2 aromatic heterocycles. The first-order valence-electron chi connectivity index (χ1n) is 10.6. The van der Waals surface area contributed by atoms with Crippen LogP contribution in [0.15, 0.2) is 88.3 Å². The molecule has 7 nitrogen and oxygen atoms in total. The van der Waals surface area contributed by atoms with E-state index in [0.29, 0.717) is 18.1 Å². The van der Waals surface area contributed by atoms with Crippen LogP contribution in [0.3, 0.4) is 0 Å². The van der Waals surface area contributed by atoms with Gasteiger partial charge in [0.2, 0.25) is 0 Å². The minimum absolute atomic E-state index is 0.266. The molecule has 0 atom stereocenters. The van der Waals surface area contributed by atoms with Crippen molar-refractivity contribution in [2.24, 2.45) is 0 Å². The number of fused-ring (bicyclic) bond motifs is 1. The Morgan fingerprint density at radius 1 is 1.00 bits per heavy atom. The third-order valence-corrected chi connectivity index (χ3v) is 5.51. The molecule has 0 aliphatic carbocycles. The summed E-state index contributed by atoms with van der Waals surface area (Å²) < 4.78 is 10.7. The number of benzene rings is 3. The Kier molecular flexibility index (Phi) is 5.59. The van der Waals surface area contributed by atoms with Gasteiger partial charge < -0.3 is 14.6 Å². The highest BCUT2D eigenvalue weighted by Crippen LogP contribution is 2.28. The lowest BCUT2D eigenvalue weighted by molar-refractivity contribution is 0.411. The molecule has 0 fully saturated rings. The van der Waals surface area contributed by atoms with Gasteiger partial charge in [0.1, 0.15) is 11.6 Å². The summed E-state index contributed by atoms with van der Waals surface area (Å²) in [5, 5.41) is 8.09. The minimum Gasteiger partial charge on any atom is -0.496 e.